The Hall–Kier alpha value is -1.06. The average Bonchev–Trinajstić information content (AvgIpc) is 2.43. The summed E-state index contributed by atoms with van der Waals surface area (Å²) in [6.45, 7) is 15.7. The van der Waals surface area contributed by atoms with E-state index in [1.54, 1.807) is 0 Å². The lowest BCUT2D eigenvalue weighted by atomic mass is 9.99. The summed E-state index contributed by atoms with van der Waals surface area (Å²) < 4.78 is 0. The molecule has 0 N–H and O–H groups in total. The van der Waals surface area contributed by atoms with Crippen LogP contribution in [0.3, 0.4) is 0 Å². The Kier molecular flexibility index (Phi) is 14.3. The van der Waals surface area contributed by atoms with Gasteiger partial charge in [0, 0.05) is 13.1 Å². The van der Waals surface area contributed by atoms with Crippen molar-refractivity contribution in [2.75, 3.05) is 19.7 Å². The molecule has 1 heterocycles. The molecule has 0 saturated carbocycles. The van der Waals surface area contributed by atoms with Crippen molar-refractivity contribution < 1.29 is 9.63 Å². The number of nitrogens with zero attached hydrogens (tertiary/aromatic N) is 2. The maximum Gasteiger partial charge on any atom is 0.263 e. The topological polar surface area (TPSA) is 41.9 Å². The maximum absolute atomic E-state index is 11.6. The third-order valence-corrected chi connectivity index (χ3v) is 2.57. The molecule has 0 atom stereocenters. The molecular weight excluding hydrogens is 240 g/mol. The van der Waals surface area contributed by atoms with Gasteiger partial charge in [-0.2, -0.15) is 0 Å². The van der Waals surface area contributed by atoms with Crippen LogP contribution in [0, 0.1) is 5.92 Å². The Bertz CT molecular complexity index is 241. The van der Waals surface area contributed by atoms with Gasteiger partial charge in [-0.3, -0.25) is 4.79 Å². The number of hydrogen-bond acceptors (Lipinski definition) is 3. The highest BCUT2D eigenvalue weighted by Crippen LogP contribution is 2.15. The molecule has 0 aromatic rings. The molecule has 0 aromatic carbocycles. The second kappa shape index (κ2) is 13.4. The first-order valence-corrected chi connectivity index (χ1v) is 7.50. The van der Waals surface area contributed by atoms with E-state index in [1.807, 2.05) is 46.4 Å². The van der Waals surface area contributed by atoms with Crippen molar-refractivity contribution in [3.8, 4) is 0 Å². The third kappa shape index (κ3) is 10.5. The van der Waals surface area contributed by atoms with Gasteiger partial charge in [0.05, 0.1) is 5.71 Å². The molecule has 4 heteroatoms. The molecule has 19 heavy (non-hydrogen) atoms. The van der Waals surface area contributed by atoms with Gasteiger partial charge < -0.3 is 9.74 Å². The first-order chi connectivity index (χ1) is 9.09. The molecule has 4 nitrogen and oxygen atoms in total. The monoisotopic (exact) mass is 272 g/mol. The summed E-state index contributed by atoms with van der Waals surface area (Å²) >= 11 is 0. The van der Waals surface area contributed by atoms with Gasteiger partial charge in [0.2, 0.25) is 0 Å². The van der Waals surface area contributed by atoms with Crippen LogP contribution in [0.4, 0.5) is 0 Å². The molecule has 0 radical (unpaired) electrons. The van der Waals surface area contributed by atoms with Gasteiger partial charge >= 0.3 is 0 Å². The van der Waals surface area contributed by atoms with Gasteiger partial charge in [0.15, 0.2) is 6.61 Å². The quantitative estimate of drug-likeness (QED) is 0.580. The van der Waals surface area contributed by atoms with E-state index < -0.39 is 0 Å². The summed E-state index contributed by atoms with van der Waals surface area (Å²) in [5, 5.41) is 3.74. The molecule has 1 fully saturated rings. The van der Waals surface area contributed by atoms with E-state index in [2.05, 4.69) is 12.1 Å². The first kappa shape index (κ1) is 20.3. The van der Waals surface area contributed by atoms with Crippen molar-refractivity contribution in [2.24, 2.45) is 11.1 Å². The summed E-state index contributed by atoms with van der Waals surface area (Å²) in [6, 6.07) is 0. The van der Waals surface area contributed by atoms with Crippen LogP contribution in [0.15, 0.2) is 5.16 Å². The molecule has 0 aromatic heterocycles. The molecule has 1 saturated heterocycles. The van der Waals surface area contributed by atoms with Crippen LogP contribution in [-0.2, 0) is 9.63 Å². The molecule has 0 spiro atoms. The van der Waals surface area contributed by atoms with Crippen molar-refractivity contribution in [3.05, 3.63) is 0 Å². The minimum Gasteiger partial charge on any atom is -0.386 e. The van der Waals surface area contributed by atoms with Gasteiger partial charge in [0.25, 0.3) is 5.91 Å². The lowest BCUT2D eigenvalue weighted by molar-refractivity contribution is -0.137. The van der Waals surface area contributed by atoms with E-state index in [0.717, 1.165) is 37.6 Å². The number of hydrogen-bond donors (Lipinski definition) is 0. The van der Waals surface area contributed by atoms with Gasteiger partial charge in [-0.05, 0) is 32.6 Å². The van der Waals surface area contributed by atoms with Crippen LogP contribution < -0.4 is 0 Å². The number of oxime groups is 1. The summed E-state index contributed by atoms with van der Waals surface area (Å²) in [7, 11) is 0. The second-order valence-corrected chi connectivity index (χ2v) is 4.38. The van der Waals surface area contributed by atoms with Crippen LogP contribution in [0.25, 0.3) is 0 Å². The van der Waals surface area contributed by atoms with Crippen LogP contribution in [-0.4, -0.2) is 36.2 Å². The molecule has 1 aliphatic rings. The van der Waals surface area contributed by atoms with E-state index in [0.29, 0.717) is 0 Å². The van der Waals surface area contributed by atoms with Gasteiger partial charge in [-0.25, -0.2) is 0 Å². The van der Waals surface area contributed by atoms with Crippen LogP contribution >= 0.6 is 0 Å². The summed E-state index contributed by atoms with van der Waals surface area (Å²) in [6.07, 6.45) is 2.20. The van der Waals surface area contributed by atoms with Crippen molar-refractivity contribution in [3.63, 3.8) is 0 Å². The summed E-state index contributed by atoms with van der Waals surface area (Å²) in [5.41, 5.74) is 0.829. The molecule has 1 amide bonds. The number of likely N-dealkylation sites (tertiary alicyclic amines) is 1. The fourth-order valence-corrected chi connectivity index (χ4v) is 1.57. The van der Waals surface area contributed by atoms with Crippen molar-refractivity contribution in [1.29, 1.82) is 0 Å². The molecule has 1 aliphatic heterocycles. The van der Waals surface area contributed by atoms with Crippen LogP contribution in [0.2, 0.25) is 0 Å². The Morgan fingerprint density at radius 2 is 1.63 bits per heavy atom. The Morgan fingerprint density at radius 1 is 1.16 bits per heavy atom. The van der Waals surface area contributed by atoms with Gasteiger partial charge in [-0.1, -0.05) is 39.8 Å². The van der Waals surface area contributed by atoms with E-state index in [4.69, 9.17) is 4.84 Å². The smallest absolute Gasteiger partial charge is 0.263 e. The Labute approximate surface area is 119 Å². The lowest BCUT2D eigenvalue weighted by Gasteiger charge is -2.29. The standard InChI is InChI=1S/C11H20N2O2.2C2H6/c1-9(2)12-15-8-11(14)13-6-4-10(3)5-7-13;2*1-2/h10H,4-8H2,1-3H3;2*1-2H3. The van der Waals surface area contributed by atoms with Crippen LogP contribution in [0.5, 0.6) is 0 Å². The molecular formula is C15H32N2O2. The fraction of sp³-hybridized carbons (Fsp3) is 0.867. The average molecular weight is 272 g/mol. The predicted molar refractivity (Wildman–Crippen MR) is 82.4 cm³/mol. The highest BCUT2D eigenvalue weighted by molar-refractivity contribution is 5.79. The largest absolute Gasteiger partial charge is 0.386 e. The minimum atomic E-state index is 0.0481. The molecule has 0 bridgehead atoms. The highest BCUT2D eigenvalue weighted by Gasteiger charge is 2.20. The third-order valence-electron chi connectivity index (χ3n) is 2.57. The zero-order valence-corrected chi connectivity index (χ0v) is 13.8. The van der Waals surface area contributed by atoms with Crippen molar-refractivity contribution >= 4 is 11.6 Å². The second-order valence-electron chi connectivity index (χ2n) is 4.38. The number of rotatable bonds is 3. The molecule has 1 rings (SSSR count). The molecule has 0 aliphatic carbocycles. The summed E-state index contributed by atoms with van der Waals surface area (Å²) in [5.74, 6) is 0.790. The van der Waals surface area contributed by atoms with E-state index >= 15 is 0 Å². The number of piperidine rings is 1. The number of carbonyl (C=O) groups is 1. The van der Waals surface area contributed by atoms with E-state index in [9.17, 15) is 4.79 Å². The van der Waals surface area contributed by atoms with Crippen LogP contribution in [0.1, 0.15) is 61.3 Å². The number of amides is 1. The fourth-order valence-electron chi connectivity index (χ4n) is 1.57. The Morgan fingerprint density at radius 3 is 2.05 bits per heavy atom. The zero-order chi connectivity index (χ0) is 15.3. The molecule has 0 unspecified atom stereocenters. The first-order valence-electron chi connectivity index (χ1n) is 7.50. The van der Waals surface area contributed by atoms with Crippen molar-refractivity contribution in [2.45, 2.75) is 61.3 Å². The summed E-state index contributed by atoms with van der Waals surface area (Å²) in [4.78, 5) is 18.4. The van der Waals surface area contributed by atoms with E-state index in [-0.39, 0.29) is 12.5 Å². The SMILES string of the molecule is CC.CC.CC(C)=NOCC(=O)N1CCC(C)CC1. The lowest BCUT2D eigenvalue weighted by Crippen LogP contribution is -2.39. The highest BCUT2D eigenvalue weighted by atomic mass is 16.6. The minimum absolute atomic E-state index is 0.0481. The molecule has 114 valence electrons. The van der Waals surface area contributed by atoms with E-state index in [1.165, 1.54) is 0 Å². The van der Waals surface area contributed by atoms with Gasteiger partial charge in [-0.15, -0.1) is 0 Å². The van der Waals surface area contributed by atoms with Crippen molar-refractivity contribution in [1.82, 2.24) is 4.90 Å². The predicted octanol–water partition coefficient (Wildman–Crippen LogP) is 3.71. The Balaban J connectivity index is 0. The van der Waals surface area contributed by atoms with Gasteiger partial charge in [0.1, 0.15) is 0 Å². The normalized spacial score (nSPS) is 14.4. The zero-order valence-electron chi connectivity index (χ0n) is 13.8. The maximum atomic E-state index is 11.6. The number of carbonyl (C=O) groups excluding carboxylic acids is 1.